The van der Waals surface area contributed by atoms with Crippen molar-refractivity contribution in [2.24, 2.45) is 0 Å². The van der Waals surface area contributed by atoms with E-state index in [4.69, 9.17) is 0 Å². The number of para-hydroxylation sites is 3. The van der Waals surface area contributed by atoms with Gasteiger partial charge < -0.3 is 4.57 Å². The second kappa shape index (κ2) is 13.7. The summed E-state index contributed by atoms with van der Waals surface area (Å²) in [4.78, 5) is 9.84. The highest BCUT2D eigenvalue weighted by atomic mass is 127. The number of fused-ring (bicyclic) bond motifs is 6. The number of nitrogens with zero attached hydrogens (tertiary/aromatic N) is 2. The Hall–Kier alpha value is -3.79. The molecule has 7 aromatic rings. The van der Waals surface area contributed by atoms with Crippen molar-refractivity contribution in [1.82, 2.24) is 4.57 Å². The number of hydrogen-bond donors (Lipinski definition) is 0. The summed E-state index contributed by atoms with van der Waals surface area (Å²) in [5, 5.41) is 12.8. The Kier molecular flexibility index (Phi) is 9.49. The second-order valence-corrected chi connectivity index (χ2v) is 13.6. The minimum atomic E-state index is -0.387. The van der Waals surface area contributed by atoms with Gasteiger partial charge >= 0.3 is 0 Å². The summed E-state index contributed by atoms with van der Waals surface area (Å²) in [6, 6.07) is 45.4. The van der Waals surface area contributed by atoms with Gasteiger partial charge in [-0.3, -0.25) is 10.1 Å². The molecule has 1 aromatic heterocycles. The quantitative estimate of drug-likeness (QED) is 0.0990. The molecule has 0 saturated heterocycles. The van der Waals surface area contributed by atoms with Crippen LogP contribution in [-0.2, 0) is 6.42 Å². The van der Waals surface area contributed by atoms with Gasteiger partial charge in [-0.1, -0.05) is 111 Å². The van der Waals surface area contributed by atoms with Gasteiger partial charge in [-0.2, -0.15) is 0 Å². The fourth-order valence-corrected chi connectivity index (χ4v) is 7.02. The van der Waals surface area contributed by atoms with Crippen LogP contribution in [0.15, 0.2) is 142 Å². The first kappa shape index (κ1) is 31.2. The van der Waals surface area contributed by atoms with Gasteiger partial charge in [0.05, 0.1) is 19.5 Å². The van der Waals surface area contributed by atoms with E-state index in [1.54, 1.807) is 18.2 Å². The molecule has 7 heteroatoms. The first-order valence-corrected chi connectivity index (χ1v) is 17.0. The standard InChI is InChI=1S/C19H14BrN.C13H9Br.C6H4INO2/c1-13-6-2-4-8-17(13)21-18-9-5-3-7-15(18)16-12-14(20)10-11-19(16)21;14-11-6-5-10-7-9-3-1-2-4-12(9)13(10)8-11;7-5-3-1-2-4-6(5)8(9)10/h2-12H,1H3;1-6,8H,7H2;1-4H. The lowest BCUT2D eigenvalue weighted by atomic mass is 10.1. The smallest absolute Gasteiger partial charge is 0.282 e. The van der Waals surface area contributed by atoms with Gasteiger partial charge in [-0.05, 0) is 112 Å². The summed E-state index contributed by atoms with van der Waals surface area (Å²) in [5.74, 6) is 0. The third kappa shape index (κ3) is 6.61. The van der Waals surface area contributed by atoms with Gasteiger partial charge in [-0.15, -0.1) is 0 Å². The highest BCUT2D eigenvalue weighted by Gasteiger charge is 2.17. The first-order valence-electron chi connectivity index (χ1n) is 14.3. The molecule has 0 fully saturated rings. The van der Waals surface area contributed by atoms with E-state index in [1.165, 1.54) is 61.4 Å². The average Bonchev–Trinajstić information content (AvgIpc) is 3.57. The van der Waals surface area contributed by atoms with Crippen LogP contribution in [-0.4, -0.2) is 9.49 Å². The maximum absolute atomic E-state index is 10.2. The van der Waals surface area contributed by atoms with E-state index in [9.17, 15) is 10.1 Å². The number of benzene rings is 6. The molecule has 1 aliphatic rings. The van der Waals surface area contributed by atoms with Crippen LogP contribution < -0.4 is 0 Å². The van der Waals surface area contributed by atoms with E-state index in [2.05, 4.69) is 153 Å². The lowest BCUT2D eigenvalue weighted by molar-refractivity contribution is -0.385. The normalized spacial score (nSPS) is 11.2. The van der Waals surface area contributed by atoms with E-state index in [-0.39, 0.29) is 10.6 Å². The Morgan fingerprint density at radius 3 is 2.07 bits per heavy atom. The fraction of sp³-hybridized carbons (Fsp3) is 0.0526. The van der Waals surface area contributed by atoms with Crippen LogP contribution in [0, 0.1) is 20.6 Å². The van der Waals surface area contributed by atoms with Crippen LogP contribution in [0.3, 0.4) is 0 Å². The largest absolute Gasteiger partial charge is 0.309 e. The molecule has 1 heterocycles. The lowest BCUT2D eigenvalue weighted by Gasteiger charge is -2.10. The number of aromatic nitrogens is 1. The molecule has 45 heavy (non-hydrogen) atoms. The topological polar surface area (TPSA) is 48.1 Å². The van der Waals surface area contributed by atoms with Gasteiger partial charge in [0.1, 0.15) is 0 Å². The summed E-state index contributed by atoms with van der Waals surface area (Å²) >= 11 is 9.04. The minimum absolute atomic E-state index is 0.170. The molecule has 0 bridgehead atoms. The van der Waals surface area contributed by atoms with Crippen molar-refractivity contribution in [3.05, 3.63) is 173 Å². The van der Waals surface area contributed by atoms with Crippen molar-refractivity contribution >= 4 is 81.9 Å². The zero-order chi connectivity index (χ0) is 31.5. The van der Waals surface area contributed by atoms with Gasteiger partial charge in [0.15, 0.2) is 0 Å². The van der Waals surface area contributed by atoms with E-state index >= 15 is 0 Å². The Bertz CT molecular complexity index is 2190. The molecular weight excluding hydrogens is 803 g/mol. The minimum Gasteiger partial charge on any atom is -0.309 e. The molecule has 0 saturated carbocycles. The molecule has 0 atom stereocenters. The van der Waals surface area contributed by atoms with Gasteiger partial charge in [-0.25, -0.2) is 0 Å². The van der Waals surface area contributed by atoms with Gasteiger partial charge in [0.25, 0.3) is 5.69 Å². The third-order valence-corrected chi connectivity index (χ3v) is 9.70. The SMILES string of the molecule is Brc1ccc2c(c1)-c1ccccc1C2.Cc1ccccc1-n1c2ccccc2c2cc(Br)ccc21.O=[N+]([O-])c1ccccc1I. The van der Waals surface area contributed by atoms with E-state index < -0.39 is 0 Å². The van der Waals surface area contributed by atoms with Crippen molar-refractivity contribution in [1.29, 1.82) is 0 Å². The monoisotopic (exact) mass is 828 g/mol. The predicted octanol–water partition coefficient (Wildman–Crippen LogP) is 12.1. The number of nitro groups is 1. The van der Waals surface area contributed by atoms with Crippen molar-refractivity contribution in [3.8, 4) is 16.8 Å². The molecule has 1 aliphatic carbocycles. The maximum atomic E-state index is 10.2. The molecule has 0 spiro atoms. The number of aryl methyl sites for hydroxylation is 1. The Labute approximate surface area is 292 Å². The Morgan fingerprint density at radius 1 is 0.667 bits per heavy atom. The zero-order valence-corrected chi connectivity index (χ0v) is 29.6. The van der Waals surface area contributed by atoms with Crippen LogP contribution >= 0.6 is 54.5 Å². The second-order valence-electron chi connectivity index (χ2n) is 10.6. The molecule has 0 radical (unpaired) electrons. The molecule has 222 valence electrons. The van der Waals surface area contributed by atoms with E-state index in [1.807, 2.05) is 22.6 Å². The first-order chi connectivity index (χ1) is 21.8. The van der Waals surface area contributed by atoms with Crippen molar-refractivity contribution in [2.45, 2.75) is 13.3 Å². The summed E-state index contributed by atoms with van der Waals surface area (Å²) in [5.41, 5.74) is 10.8. The molecule has 4 nitrogen and oxygen atoms in total. The van der Waals surface area contributed by atoms with Crippen LogP contribution in [0.1, 0.15) is 16.7 Å². The third-order valence-electron chi connectivity index (χ3n) is 7.80. The Balaban J connectivity index is 0.000000129. The highest BCUT2D eigenvalue weighted by Crippen LogP contribution is 2.38. The van der Waals surface area contributed by atoms with Crippen molar-refractivity contribution < 1.29 is 4.92 Å². The molecule has 0 unspecified atom stereocenters. The maximum Gasteiger partial charge on any atom is 0.282 e. The van der Waals surface area contributed by atoms with Crippen LogP contribution in [0.5, 0.6) is 0 Å². The zero-order valence-electron chi connectivity index (χ0n) is 24.3. The van der Waals surface area contributed by atoms with Gasteiger partial charge in [0, 0.05) is 31.5 Å². The Morgan fingerprint density at radius 2 is 1.29 bits per heavy atom. The molecule has 0 N–H and O–H groups in total. The summed E-state index contributed by atoms with van der Waals surface area (Å²) in [6.45, 7) is 2.16. The van der Waals surface area contributed by atoms with Crippen molar-refractivity contribution in [2.75, 3.05) is 0 Å². The average molecular weight is 830 g/mol. The summed E-state index contributed by atoms with van der Waals surface area (Å²) < 4.78 is 5.30. The highest BCUT2D eigenvalue weighted by molar-refractivity contribution is 14.1. The molecule has 8 rings (SSSR count). The fourth-order valence-electron chi connectivity index (χ4n) is 5.71. The predicted molar refractivity (Wildman–Crippen MR) is 201 cm³/mol. The molecular formula is C38H27Br2IN2O2. The van der Waals surface area contributed by atoms with E-state index in [0.29, 0.717) is 3.57 Å². The summed E-state index contributed by atoms with van der Waals surface area (Å²) in [7, 11) is 0. The number of rotatable bonds is 2. The number of nitro benzene ring substituents is 1. The van der Waals surface area contributed by atoms with E-state index in [0.717, 1.165) is 15.4 Å². The number of halogens is 3. The lowest BCUT2D eigenvalue weighted by Crippen LogP contribution is -1.96. The number of hydrogen-bond acceptors (Lipinski definition) is 2. The van der Waals surface area contributed by atoms with Gasteiger partial charge in [0.2, 0.25) is 0 Å². The molecule has 0 amide bonds. The van der Waals surface area contributed by atoms with Crippen LogP contribution in [0.4, 0.5) is 5.69 Å². The van der Waals surface area contributed by atoms with Crippen molar-refractivity contribution in [3.63, 3.8) is 0 Å². The molecule has 6 aromatic carbocycles. The molecule has 0 aliphatic heterocycles. The van der Waals surface area contributed by atoms with Crippen LogP contribution in [0.25, 0.3) is 38.6 Å². The summed E-state index contributed by atoms with van der Waals surface area (Å²) in [6.07, 6.45) is 1.08. The van der Waals surface area contributed by atoms with Crippen LogP contribution in [0.2, 0.25) is 0 Å².